The molecular formula is C12H25NO4. The molecule has 0 saturated heterocycles. The molecule has 0 amide bonds. The van der Waals surface area contributed by atoms with Gasteiger partial charge in [0.05, 0.1) is 6.10 Å². The van der Waals surface area contributed by atoms with Crippen molar-refractivity contribution in [2.45, 2.75) is 63.9 Å². The fourth-order valence-electron chi connectivity index (χ4n) is 1.39. The van der Waals surface area contributed by atoms with Crippen molar-refractivity contribution in [3.8, 4) is 0 Å². The molecule has 0 aromatic rings. The molecular weight excluding hydrogens is 222 g/mol. The van der Waals surface area contributed by atoms with Crippen LogP contribution in [0.25, 0.3) is 0 Å². The summed E-state index contributed by atoms with van der Waals surface area (Å²) in [6.45, 7) is 4.08. The number of hydrogen-bond donors (Lipinski definition) is 4. The van der Waals surface area contributed by atoms with E-state index in [0.717, 1.165) is 19.3 Å². The number of aliphatic hydroxyl groups is 4. The Labute approximate surface area is 103 Å². The molecule has 0 aromatic carbocycles. The van der Waals surface area contributed by atoms with Crippen LogP contribution in [0.1, 0.15) is 39.5 Å². The summed E-state index contributed by atoms with van der Waals surface area (Å²) in [5, 5.41) is 37.3. The van der Waals surface area contributed by atoms with Crippen molar-refractivity contribution in [2.75, 3.05) is 6.54 Å². The van der Waals surface area contributed by atoms with Crippen LogP contribution in [0.2, 0.25) is 0 Å². The average molecular weight is 247 g/mol. The van der Waals surface area contributed by atoms with Crippen molar-refractivity contribution in [1.82, 2.24) is 0 Å². The fourth-order valence-corrected chi connectivity index (χ4v) is 1.39. The van der Waals surface area contributed by atoms with E-state index in [-0.39, 0.29) is 0 Å². The molecule has 5 heteroatoms. The van der Waals surface area contributed by atoms with E-state index in [1.807, 2.05) is 0 Å². The van der Waals surface area contributed by atoms with Gasteiger partial charge in [0.25, 0.3) is 0 Å². The van der Waals surface area contributed by atoms with E-state index >= 15 is 0 Å². The van der Waals surface area contributed by atoms with E-state index in [1.54, 1.807) is 0 Å². The second-order valence-electron chi connectivity index (χ2n) is 4.33. The molecule has 0 heterocycles. The maximum Gasteiger partial charge on any atom is 0.117 e. The third kappa shape index (κ3) is 7.44. The fraction of sp³-hybridized carbons (Fsp3) is 0.917. The average Bonchev–Trinajstić information content (AvgIpc) is 2.31. The molecule has 0 aliphatic carbocycles. The lowest BCUT2D eigenvalue weighted by molar-refractivity contribution is -0.0821. The highest BCUT2D eigenvalue weighted by molar-refractivity contribution is 5.63. The van der Waals surface area contributed by atoms with Crippen LogP contribution >= 0.6 is 0 Å². The van der Waals surface area contributed by atoms with Gasteiger partial charge in [-0.25, -0.2) is 0 Å². The van der Waals surface area contributed by atoms with Crippen molar-refractivity contribution in [3.63, 3.8) is 0 Å². The normalized spacial score (nSPS) is 19.2. The van der Waals surface area contributed by atoms with Gasteiger partial charge in [-0.15, -0.1) is 0 Å². The van der Waals surface area contributed by atoms with Gasteiger partial charge in [-0.3, -0.25) is 4.99 Å². The Morgan fingerprint density at radius 3 is 2.18 bits per heavy atom. The predicted octanol–water partition coefficient (Wildman–Crippen LogP) is 0.101. The first-order valence-electron chi connectivity index (χ1n) is 6.23. The molecule has 0 radical (unpaired) electrons. The summed E-state index contributed by atoms with van der Waals surface area (Å²) in [6, 6.07) is 0. The topological polar surface area (TPSA) is 93.3 Å². The van der Waals surface area contributed by atoms with Crippen molar-refractivity contribution in [3.05, 3.63) is 0 Å². The standard InChI is InChI=1S/C12H25NO4/c1-3-4-5-6-7-13-8-10(15)12(17)11(16)9(2)14/h8-12,14-17H,3-7H2,1-2H3/t9-,10+,11+,12-/m0/s1. The number of aliphatic hydroxyl groups excluding tert-OH is 4. The summed E-state index contributed by atoms with van der Waals surface area (Å²) in [6.07, 6.45) is 0.499. The Morgan fingerprint density at radius 2 is 1.65 bits per heavy atom. The van der Waals surface area contributed by atoms with E-state index in [4.69, 9.17) is 5.11 Å². The highest BCUT2D eigenvalue weighted by Gasteiger charge is 2.26. The van der Waals surface area contributed by atoms with Gasteiger partial charge in [0.15, 0.2) is 0 Å². The molecule has 0 aliphatic heterocycles. The van der Waals surface area contributed by atoms with Crippen LogP contribution in [-0.4, -0.2) is 57.6 Å². The van der Waals surface area contributed by atoms with E-state index in [1.165, 1.54) is 19.6 Å². The summed E-state index contributed by atoms with van der Waals surface area (Å²) >= 11 is 0. The minimum atomic E-state index is -1.41. The van der Waals surface area contributed by atoms with Crippen LogP contribution in [-0.2, 0) is 0 Å². The number of aliphatic imine (C=N–C) groups is 1. The van der Waals surface area contributed by atoms with Gasteiger partial charge in [0.2, 0.25) is 0 Å². The molecule has 0 aromatic heterocycles. The van der Waals surface area contributed by atoms with Crippen LogP contribution in [0.5, 0.6) is 0 Å². The Kier molecular flexibility index (Phi) is 9.26. The Hall–Kier alpha value is -0.490. The van der Waals surface area contributed by atoms with Gasteiger partial charge in [-0.1, -0.05) is 26.2 Å². The first-order chi connectivity index (χ1) is 8.00. The zero-order chi connectivity index (χ0) is 13.3. The SMILES string of the molecule is CCCCCCN=C[C@@H](O)[C@H](O)[C@H](O)[C@H](C)O. The monoisotopic (exact) mass is 247 g/mol. The Bertz CT molecular complexity index is 209. The largest absolute Gasteiger partial charge is 0.391 e. The highest BCUT2D eigenvalue weighted by atomic mass is 16.4. The van der Waals surface area contributed by atoms with Gasteiger partial charge in [-0.2, -0.15) is 0 Å². The highest BCUT2D eigenvalue weighted by Crippen LogP contribution is 2.04. The van der Waals surface area contributed by atoms with Gasteiger partial charge in [0.1, 0.15) is 18.3 Å². The molecule has 4 atom stereocenters. The lowest BCUT2D eigenvalue weighted by atomic mass is 10.1. The molecule has 0 unspecified atom stereocenters. The second kappa shape index (κ2) is 9.53. The zero-order valence-corrected chi connectivity index (χ0v) is 10.7. The lowest BCUT2D eigenvalue weighted by Gasteiger charge is -2.22. The maximum atomic E-state index is 9.47. The molecule has 0 spiro atoms. The zero-order valence-electron chi connectivity index (χ0n) is 10.7. The first-order valence-corrected chi connectivity index (χ1v) is 6.23. The first kappa shape index (κ1) is 16.5. The van der Waals surface area contributed by atoms with Gasteiger partial charge < -0.3 is 20.4 Å². The van der Waals surface area contributed by atoms with Crippen LogP contribution < -0.4 is 0 Å². The van der Waals surface area contributed by atoms with Gasteiger partial charge in [0, 0.05) is 12.8 Å². The minimum Gasteiger partial charge on any atom is -0.391 e. The number of unbranched alkanes of at least 4 members (excludes halogenated alkanes) is 3. The van der Waals surface area contributed by atoms with Crippen molar-refractivity contribution >= 4 is 6.21 Å². The summed E-state index contributed by atoms with van der Waals surface area (Å²) in [5.41, 5.74) is 0. The molecule has 0 aliphatic rings. The Morgan fingerprint density at radius 1 is 1.00 bits per heavy atom. The van der Waals surface area contributed by atoms with Gasteiger partial charge >= 0.3 is 0 Å². The third-order valence-corrected chi connectivity index (χ3v) is 2.59. The minimum absolute atomic E-state index is 0.606. The van der Waals surface area contributed by atoms with Crippen molar-refractivity contribution in [2.24, 2.45) is 4.99 Å². The van der Waals surface area contributed by atoms with Crippen molar-refractivity contribution < 1.29 is 20.4 Å². The van der Waals surface area contributed by atoms with E-state index in [0.29, 0.717) is 6.54 Å². The van der Waals surface area contributed by atoms with Gasteiger partial charge in [-0.05, 0) is 13.3 Å². The number of hydrogen-bond acceptors (Lipinski definition) is 5. The smallest absolute Gasteiger partial charge is 0.117 e. The molecule has 0 fully saturated rings. The summed E-state index contributed by atoms with van der Waals surface area (Å²) in [7, 11) is 0. The lowest BCUT2D eigenvalue weighted by Crippen LogP contribution is -2.44. The molecule has 0 bridgehead atoms. The van der Waals surface area contributed by atoms with Crippen molar-refractivity contribution in [1.29, 1.82) is 0 Å². The van der Waals surface area contributed by atoms with Crippen LogP contribution in [0.3, 0.4) is 0 Å². The third-order valence-electron chi connectivity index (χ3n) is 2.59. The van der Waals surface area contributed by atoms with E-state index in [9.17, 15) is 15.3 Å². The number of rotatable bonds is 9. The molecule has 0 rings (SSSR count). The second-order valence-corrected chi connectivity index (χ2v) is 4.33. The summed E-state index contributed by atoms with van der Waals surface area (Å²) in [5.74, 6) is 0. The van der Waals surface area contributed by atoms with Crippen LogP contribution in [0.4, 0.5) is 0 Å². The predicted molar refractivity (Wildman–Crippen MR) is 67.2 cm³/mol. The summed E-state index contributed by atoms with van der Waals surface area (Å²) in [4.78, 5) is 3.98. The van der Waals surface area contributed by atoms with E-state index < -0.39 is 24.4 Å². The molecule has 17 heavy (non-hydrogen) atoms. The molecule has 0 saturated carbocycles. The van der Waals surface area contributed by atoms with Crippen LogP contribution in [0.15, 0.2) is 4.99 Å². The Balaban J connectivity index is 3.82. The molecule has 102 valence electrons. The molecule has 5 nitrogen and oxygen atoms in total. The number of nitrogens with zero attached hydrogens (tertiary/aromatic N) is 1. The van der Waals surface area contributed by atoms with E-state index in [2.05, 4.69) is 11.9 Å². The molecule has 4 N–H and O–H groups in total. The maximum absolute atomic E-state index is 9.47. The van der Waals surface area contributed by atoms with Crippen LogP contribution in [0, 0.1) is 0 Å². The summed E-state index contributed by atoms with van der Waals surface area (Å²) < 4.78 is 0. The quantitative estimate of drug-likeness (QED) is 0.343.